The largest absolute Gasteiger partial charge is 0.368 e. The summed E-state index contributed by atoms with van der Waals surface area (Å²) < 4.78 is 0. The van der Waals surface area contributed by atoms with E-state index in [2.05, 4.69) is 16.7 Å². The van der Waals surface area contributed by atoms with Crippen molar-refractivity contribution in [3.05, 3.63) is 0 Å². The maximum Gasteiger partial charge on any atom is 0.234 e. The summed E-state index contributed by atoms with van der Waals surface area (Å²) >= 11 is 0. The third kappa shape index (κ3) is 3.19. The SMILES string of the molecule is CCC(C(N)=O)N(C)C1CCN(CC)CC1. The van der Waals surface area contributed by atoms with Crippen molar-refractivity contribution in [3.8, 4) is 0 Å². The van der Waals surface area contributed by atoms with E-state index >= 15 is 0 Å². The molecule has 1 fully saturated rings. The van der Waals surface area contributed by atoms with Crippen molar-refractivity contribution < 1.29 is 4.79 Å². The monoisotopic (exact) mass is 227 g/mol. The molecule has 0 bridgehead atoms. The van der Waals surface area contributed by atoms with Gasteiger partial charge < -0.3 is 10.6 Å². The first-order valence-corrected chi connectivity index (χ1v) is 6.33. The van der Waals surface area contributed by atoms with Crippen molar-refractivity contribution in [3.63, 3.8) is 0 Å². The highest BCUT2D eigenvalue weighted by atomic mass is 16.1. The van der Waals surface area contributed by atoms with E-state index in [-0.39, 0.29) is 11.9 Å². The number of likely N-dealkylation sites (N-methyl/N-ethyl adjacent to an activating group) is 1. The molecule has 0 radical (unpaired) electrons. The maximum atomic E-state index is 11.3. The molecule has 1 heterocycles. The quantitative estimate of drug-likeness (QED) is 0.751. The Bertz CT molecular complexity index is 224. The van der Waals surface area contributed by atoms with Gasteiger partial charge in [0.05, 0.1) is 6.04 Å². The van der Waals surface area contributed by atoms with E-state index in [1.54, 1.807) is 0 Å². The average Bonchev–Trinajstić information content (AvgIpc) is 2.29. The summed E-state index contributed by atoms with van der Waals surface area (Å²) in [5.41, 5.74) is 5.42. The number of nitrogens with two attached hydrogens (primary N) is 1. The van der Waals surface area contributed by atoms with Crippen LogP contribution in [0.4, 0.5) is 0 Å². The molecular weight excluding hydrogens is 202 g/mol. The van der Waals surface area contributed by atoms with Crippen molar-refractivity contribution in [2.24, 2.45) is 5.73 Å². The van der Waals surface area contributed by atoms with Gasteiger partial charge in [-0.1, -0.05) is 13.8 Å². The molecule has 4 heteroatoms. The van der Waals surface area contributed by atoms with Gasteiger partial charge >= 0.3 is 0 Å². The molecule has 4 nitrogen and oxygen atoms in total. The van der Waals surface area contributed by atoms with E-state index in [9.17, 15) is 4.79 Å². The van der Waals surface area contributed by atoms with Crippen LogP contribution in [0.25, 0.3) is 0 Å². The second-order valence-electron chi connectivity index (χ2n) is 4.66. The Hall–Kier alpha value is -0.610. The number of likely N-dealkylation sites (tertiary alicyclic amines) is 1. The molecule has 0 spiro atoms. The summed E-state index contributed by atoms with van der Waals surface area (Å²) in [6.45, 7) is 7.63. The lowest BCUT2D eigenvalue weighted by Crippen LogP contribution is -2.51. The van der Waals surface area contributed by atoms with Gasteiger partial charge in [0.2, 0.25) is 5.91 Å². The van der Waals surface area contributed by atoms with E-state index in [0.717, 1.165) is 38.9 Å². The Morgan fingerprint density at radius 3 is 2.38 bits per heavy atom. The van der Waals surface area contributed by atoms with E-state index in [4.69, 9.17) is 5.73 Å². The van der Waals surface area contributed by atoms with Crippen LogP contribution in [0.15, 0.2) is 0 Å². The summed E-state index contributed by atoms with van der Waals surface area (Å²) in [4.78, 5) is 15.9. The summed E-state index contributed by atoms with van der Waals surface area (Å²) in [6.07, 6.45) is 3.10. The molecule has 0 saturated carbocycles. The maximum absolute atomic E-state index is 11.3. The van der Waals surface area contributed by atoms with Crippen LogP contribution in [0.5, 0.6) is 0 Å². The van der Waals surface area contributed by atoms with Gasteiger partial charge in [-0.2, -0.15) is 0 Å². The third-order valence-corrected chi connectivity index (χ3v) is 3.79. The van der Waals surface area contributed by atoms with Crippen LogP contribution >= 0.6 is 0 Å². The Balaban J connectivity index is 2.48. The van der Waals surface area contributed by atoms with Crippen molar-refractivity contribution in [1.29, 1.82) is 0 Å². The Morgan fingerprint density at radius 1 is 1.44 bits per heavy atom. The van der Waals surface area contributed by atoms with E-state index in [1.165, 1.54) is 0 Å². The highest BCUT2D eigenvalue weighted by molar-refractivity contribution is 5.79. The van der Waals surface area contributed by atoms with Crippen LogP contribution in [-0.4, -0.2) is 54.5 Å². The number of hydrogen-bond acceptors (Lipinski definition) is 3. The number of piperidine rings is 1. The van der Waals surface area contributed by atoms with Crippen LogP contribution in [0, 0.1) is 0 Å². The predicted molar refractivity (Wildman–Crippen MR) is 66.2 cm³/mol. The Morgan fingerprint density at radius 2 is 2.00 bits per heavy atom. The second-order valence-corrected chi connectivity index (χ2v) is 4.66. The number of carbonyl (C=O) groups is 1. The van der Waals surface area contributed by atoms with Gasteiger partial charge in [0.1, 0.15) is 0 Å². The third-order valence-electron chi connectivity index (χ3n) is 3.79. The molecule has 1 atom stereocenters. The smallest absolute Gasteiger partial charge is 0.234 e. The van der Waals surface area contributed by atoms with Crippen molar-refractivity contribution in [1.82, 2.24) is 9.80 Å². The lowest BCUT2D eigenvalue weighted by atomic mass is 10.0. The number of nitrogens with zero attached hydrogens (tertiary/aromatic N) is 2. The van der Waals surface area contributed by atoms with Crippen LogP contribution < -0.4 is 5.73 Å². The molecule has 0 aliphatic carbocycles. The van der Waals surface area contributed by atoms with Crippen LogP contribution in [0.2, 0.25) is 0 Å². The van der Waals surface area contributed by atoms with E-state index in [1.807, 2.05) is 14.0 Å². The second kappa shape index (κ2) is 6.21. The van der Waals surface area contributed by atoms with E-state index < -0.39 is 0 Å². The minimum absolute atomic E-state index is 0.0989. The molecule has 0 aromatic carbocycles. The van der Waals surface area contributed by atoms with Crippen LogP contribution in [-0.2, 0) is 4.79 Å². The zero-order chi connectivity index (χ0) is 12.1. The van der Waals surface area contributed by atoms with Gasteiger partial charge in [0, 0.05) is 6.04 Å². The molecule has 1 unspecified atom stereocenters. The summed E-state index contributed by atoms with van der Waals surface area (Å²) in [7, 11) is 2.03. The molecule has 0 aromatic rings. The van der Waals surface area contributed by atoms with E-state index in [0.29, 0.717) is 6.04 Å². The molecule has 1 rings (SSSR count). The van der Waals surface area contributed by atoms with Gasteiger partial charge in [0.25, 0.3) is 0 Å². The molecule has 1 aliphatic rings. The summed E-state index contributed by atoms with van der Waals surface area (Å²) in [5, 5.41) is 0. The first-order chi connectivity index (χ1) is 7.60. The average molecular weight is 227 g/mol. The van der Waals surface area contributed by atoms with Gasteiger partial charge in [-0.15, -0.1) is 0 Å². The van der Waals surface area contributed by atoms with Gasteiger partial charge in [-0.25, -0.2) is 0 Å². The number of amides is 1. The lowest BCUT2D eigenvalue weighted by Gasteiger charge is -2.38. The summed E-state index contributed by atoms with van der Waals surface area (Å²) in [6, 6.07) is 0.415. The highest BCUT2D eigenvalue weighted by Crippen LogP contribution is 2.18. The van der Waals surface area contributed by atoms with Gasteiger partial charge in [-0.3, -0.25) is 9.69 Å². The molecule has 94 valence electrons. The van der Waals surface area contributed by atoms with Crippen LogP contribution in [0.1, 0.15) is 33.1 Å². The first kappa shape index (κ1) is 13.5. The number of rotatable bonds is 5. The minimum Gasteiger partial charge on any atom is -0.368 e. The molecule has 2 N–H and O–H groups in total. The normalized spacial score (nSPS) is 21.2. The van der Waals surface area contributed by atoms with Gasteiger partial charge in [0.15, 0.2) is 0 Å². The van der Waals surface area contributed by atoms with Crippen molar-refractivity contribution >= 4 is 5.91 Å². The Labute approximate surface area is 98.8 Å². The molecule has 16 heavy (non-hydrogen) atoms. The standard InChI is InChI=1S/C12H25N3O/c1-4-11(12(13)16)14(3)10-6-8-15(5-2)9-7-10/h10-11H,4-9H2,1-3H3,(H2,13,16). The fraction of sp³-hybridized carbons (Fsp3) is 0.917. The molecule has 1 aliphatic heterocycles. The van der Waals surface area contributed by atoms with Crippen molar-refractivity contribution in [2.45, 2.75) is 45.2 Å². The lowest BCUT2D eigenvalue weighted by molar-refractivity contribution is -0.124. The zero-order valence-corrected chi connectivity index (χ0v) is 10.8. The highest BCUT2D eigenvalue weighted by Gasteiger charge is 2.28. The Kier molecular flexibility index (Phi) is 5.22. The van der Waals surface area contributed by atoms with Gasteiger partial charge in [-0.05, 0) is 45.9 Å². The first-order valence-electron chi connectivity index (χ1n) is 6.33. The fourth-order valence-corrected chi connectivity index (χ4v) is 2.59. The zero-order valence-electron chi connectivity index (χ0n) is 10.8. The topological polar surface area (TPSA) is 49.6 Å². The number of carbonyl (C=O) groups excluding carboxylic acids is 1. The summed E-state index contributed by atoms with van der Waals surface area (Å²) in [5.74, 6) is -0.192. The molecular formula is C12H25N3O. The molecule has 1 saturated heterocycles. The predicted octanol–water partition coefficient (Wildman–Crippen LogP) is 0.666. The molecule has 1 amide bonds. The number of hydrogen-bond donors (Lipinski definition) is 1. The van der Waals surface area contributed by atoms with Crippen LogP contribution in [0.3, 0.4) is 0 Å². The molecule has 0 aromatic heterocycles. The number of primary amides is 1. The minimum atomic E-state index is -0.192. The van der Waals surface area contributed by atoms with Crippen molar-refractivity contribution in [2.75, 3.05) is 26.7 Å². The fourth-order valence-electron chi connectivity index (χ4n) is 2.59.